The van der Waals surface area contributed by atoms with Crippen LogP contribution in [0.2, 0.25) is 0 Å². The minimum Gasteiger partial charge on any atom is -0.389 e. The van der Waals surface area contributed by atoms with Gasteiger partial charge in [-0.2, -0.15) is 10.2 Å². The van der Waals surface area contributed by atoms with Crippen molar-refractivity contribution in [3.05, 3.63) is 59.4 Å². The Bertz CT molecular complexity index is 716. The van der Waals surface area contributed by atoms with Crippen molar-refractivity contribution in [3.8, 4) is 0 Å². The molecule has 1 aromatic heterocycles. The van der Waals surface area contributed by atoms with Crippen LogP contribution in [0.1, 0.15) is 16.8 Å². The molecule has 110 valence electrons. The van der Waals surface area contributed by atoms with Gasteiger partial charge >= 0.3 is 0 Å². The molecule has 0 saturated carbocycles. The Labute approximate surface area is 128 Å². The van der Waals surface area contributed by atoms with E-state index in [2.05, 4.69) is 14.9 Å². The molecule has 0 aliphatic carbocycles. The van der Waals surface area contributed by atoms with E-state index in [1.807, 2.05) is 0 Å². The number of hydrogen-bond donors (Lipinski definition) is 2. The molecule has 0 aliphatic rings. The molecule has 21 heavy (non-hydrogen) atoms. The predicted octanol–water partition coefficient (Wildman–Crippen LogP) is 0.730. The number of nitrogens with one attached hydrogen (secondary N) is 1. The molecule has 0 saturated heterocycles. The van der Waals surface area contributed by atoms with Crippen molar-refractivity contribution >= 4 is 27.2 Å². The zero-order chi connectivity index (χ0) is 15.3. The molecule has 0 bridgehead atoms. The van der Waals surface area contributed by atoms with Crippen molar-refractivity contribution in [1.29, 1.82) is 0 Å². The van der Waals surface area contributed by atoms with E-state index < -0.39 is 10.0 Å². The fraction of sp³-hybridized carbons (Fsp3) is 0.154. The van der Waals surface area contributed by atoms with Gasteiger partial charge in [0.05, 0.1) is 18.0 Å². The van der Waals surface area contributed by atoms with Gasteiger partial charge in [-0.05, 0) is 17.7 Å². The maximum atomic E-state index is 12.0. The summed E-state index contributed by atoms with van der Waals surface area (Å²) in [6.45, 7) is 0.112. The first kappa shape index (κ1) is 15.5. The number of benzene rings is 1. The molecule has 0 fully saturated rings. The maximum Gasteiger partial charge on any atom is 0.216 e. The number of sulfonamides is 1. The number of aromatic nitrogens is 2. The first-order chi connectivity index (χ1) is 9.96. The molecule has 0 aliphatic heterocycles. The molecule has 3 N–H and O–H groups in total. The summed E-state index contributed by atoms with van der Waals surface area (Å²) in [6, 6.07) is 10.2. The third-order valence-corrected chi connectivity index (χ3v) is 4.23. The molecule has 6 nitrogen and oxygen atoms in total. The Hall–Kier alpha value is -1.90. The lowest BCUT2D eigenvalue weighted by Crippen LogP contribution is -2.25. The Balaban J connectivity index is 1.99. The monoisotopic (exact) mass is 322 g/mol. The summed E-state index contributed by atoms with van der Waals surface area (Å²) in [5.74, 6) is -0.120. The van der Waals surface area contributed by atoms with Crippen LogP contribution in [0, 0.1) is 0 Å². The lowest BCUT2D eigenvalue weighted by Gasteiger charge is -2.07. The van der Waals surface area contributed by atoms with Gasteiger partial charge in [0.1, 0.15) is 4.99 Å². The van der Waals surface area contributed by atoms with Gasteiger partial charge in [0, 0.05) is 11.8 Å². The van der Waals surface area contributed by atoms with Gasteiger partial charge in [0.15, 0.2) is 0 Å². The second kappa shape index (κ2) is 6.70. The molecule has 2 rings (SSSR count). The van der Waals surface area contributed by atoms with E-state index in [1.54, 1.807) is 36.4 Å². The van der Waals surface area contributed by atoms with Crippen LogP contribution in [-0.2, 0) is 22.3 Å². The summed E-state index contributed by atoms with van der Waals surface area (Å²) in [4.78, 5) is 0.283. The van der Waals surface area contributed by atoms with Crippen molar-refractivity contribution in [3.63, 3.8) is 0 Å². The molecular formula is C13H14N4O2S2. The zero-order valence-corrected chi connectivity index (χ0v) is 12.7. The SMILES string of the molecule is NC(=S)c1ccc(CS(=O)(=O)NCc2cccnn2)cc1. The van der Waals surface area contributed by atoms with Gasteiger partial charge < -0.3 is 5.73 Å². The van der Waals surface area contributed by atoms with Crippen LogP contribution in [0.3, 0.4) is 0 Å². The van der Waals surface area contributed by atoms with Crippen LogP contribution in [-0.4, -0.2) is 23.6 Å². The Morgan fingerprint density at radius 2 is 1.95 bits per heavy atom. The third kappa shape index (κ3) is 4.85. The predicted molar refractivity (Wildman–Crippen MR) is 83.8 cm³/mol. The second-order valence-electron chi connectivity index (χ2n) is 4.36. The first-order valence-corrected chi connectivity index (χ1v) is 8.15. The van der Waals surface area contributed by atoms with Crippen molar-refractivity contribution in [2.45, 2.75) is 12.3 Å². The van der Waals surface area contributed by atoms with E-state index in [1.165, 1.54) is 6.20 Å². The van der Waals surface area contributed by atoms with Crippen molar-refractivity contribution in [1.82, 2.24) is 14.9 Å². The first-order valence-electron chi connectivity index (χ1n) is 6.09. The van der Waals surface area contributed by atoms with E-state index in [9.17, 15) is 8.42 Å². The van der Waals surface area contributed by atoms with Gasteiger partial charge in [-0.3, -0.25) is 0 Å². The largest absolute Gasteiger partial charge is 0.389 e. The van der Waals surface area contributed by atoms with Crippen LogP contribution < -0.4 is 10.5 Å². The molecular weight excluding hydrogens is 308 g/mol. The summed E-state index contributed by atoms with van der Waals surface area (Å²) in [6.07, 6.45) is 1.53. The van der Waals surface area contributed by atoms with E-state index in [0.29, 0.717) is 16.8 Å². The van der Waals surface area contributed by atoms with Crippen LogP contribution in [0.15, 0.2) is 42.6 Å². The maximum absolute atomic E-state index is 12.0. The molecule has 0 radical (unpaired) electrons. The van der Waals surface area contributed by atoms with Gasteiger partial charge in [-0.15, -0.1) is 0 Å². The van der Waals surface area contributed by atoms with E-state index in [4.69, 9.17) is 18.0 Å². The molecule has 0 amide bonds. The summed E-state index contributed by atoms with van der Waals surface area (Å²) in [7, 11) is -3.45. The number of nitrogens with zero attached hydrogens (tertiary/aromatic N) is 2. The third-order valence-electron chi connectivity index (χ3n) is 2.70. The Morgan fingerprint density at radius 3 is 2.52 bits per heavy atom. The molecule has 1 aromatic carbocycles. The summed E-state index contributed by atoms with van der Waals surface area (Å²) < 4.78 is 26.4. The highest BCUT2D eigenvalue weighted by Crippen LogP contribution is 2.08. The lowest BCUT2D eigenvalue weighted by atomic mass is 10.1. The van der Waals surface area contributed by atoms with Crippen LogP contribution in [0.25, 0.3) is 0 Å². The van der Waals surface area contributed by atoms with Crippen LogP contribution in [0.5, 0.6) is 0 Å². The number of nitrogens with two attached hydrogens (primary N) is 1. The normalized spacial score (nSPS) is 11.2. The number of thiocarbonyl (C=S) groups is 1. The summed E-state index contributed by atoms with van der Waals surface area (Å²) >= 11 is 4.85. The quantitative estimate of drug-likeness (QED) is 0.761. The van der Waals surface area contributed by atoms with Gasteiger partial charge in [0.25, 0.3) is 0 Å². The molecule has 1 heterocycles. The average Bonchev–Trinajstić information content (AvgIpc) is 2.46. The van der Waals surface area contributed by atoms with Gasteiger partial charge in [-0.25, -0.2) is 13.1 Å². The molecule has 0 unspecified atom stereocenters. The Kier molecular flexibility index (Phi) is 4.94. The number of rotatable bonds is 6. The highest BCUT2D eigenvalue weighted by molar-refractivity contribution is 7.88. The van der Waals surface area contributed by atoms with Crippen molar-refractivity contribution in [2.75, 3.05) is 0 Å². The minimum absolute atomic E-state index is 0.112. The van der Waals surface area contributed by atoms with Gasteiger partial charge in [-0.1, -0.05) is 36.5 Å². The van der Waals surface area contributed by atoms with Crippen molar-refractivity contribution < 1.29 is 8.42 Å². The second-order valence-corrected chi connectivity index (χ2v) is 6.60. The molecule has 0 spiro atoms. The molecule has 0 atom stereocenters. The standard InChI is InChI=1S/C13H14N4O2S2/c14-13(20)11-5-3-10(4-6-11)9-21(18,19)16-8-12-2-1-7-15-17-12/h1-7,16H,8-9H2,(H2,14,20). The summed E-state index contributed by atoms with van der Waals surface area (Å²) in [5.41, 5.74) is 7.41. The van der Waals surface area contributed by atoms with Crippen LogP contribution >= 0.6 is 12.2 Å². The summed E-state index contributed by atoms with van der Waals surface area (Å²) in [5, 5.41) is 7.50. The van der Waals surface area contributed by atoms with E-state index in [0.717, 1.165) is 0 Å². The van der Waals surface area contributed by atoms with E-state index >= 15 is 0 Å². The smallest absolute Gasteiger partial charge is 0.216 e. The molecule has 8 heteroatoms. The highest BCUT2D eigenvalue weighted by atomic mass is 32.2. The highest BCUT2D eigenvalue weighted by Gasteiger charge is 2.12. The minimum atomic E-state index is -3.45. The van der Waals surface area contributed by atoms with Crippen molar-refractivity contribution in [2.24, 2.45) is 5.73 Å². The lowest BCUT2D eigenvalue weighted by molar-refractivity contribution is 0.579. The molecule has 2 aromatic rings. The fourth-order valence-electron chi connectivity index (χ4n) is 1.65. The van der Waals surface area contributed by atoms with Gasteiger partial charge in [0.2, 0.25) is 10.0 Å². The zero-order valence-electron chi connectivity index (χ0n) is 11.1. The number of hydrogen-bond acceptors (Lipinski definition) is 5. The Morgan fingerprint density at radius 1 is 1.24 bits per heavy atom. The topological polar surface area (TPSA) is 98.0 Å². The average molecular weight is 322 g/mol. The van der Waals surface area contributed by atoms with Crippen LogP contribution in [0.4, 0.5) is 0 Å². The van der Waals surface area contributed by atoms with E-state index in [-0.39, 0.29) is 17.3 Å². The fourth-order valence-corrected chi connectivity index (χ4v) is 2.88.